The molecule has 1 heterocycles. The van der Waals surface area contributed by atoms with Crippen molar-refractivity contribution in [2.45, 2.75) is 13.8 Å². The van der Waals surface area contributed by atoms with Crippen LogP contribution in [0.15, 0.2) is 46.9 Å². The van der Waals surface area contributed by atoms with E-state index in [4.69, 9.17) is 0 Å². The van der Waals surface area contributed by atoms with Gasteiger partial charge in [0.25, 0.3) is 0 Å². The summed E-state index contributed by atoms with van der Waals surface area (Å²) < 4.78 is 0.921. The Balaban J connectivity index is 1.58. The molecule has 2 amide bonds. The largest absolute Gasteiger partial charge is 0.368 e. The molecule has 136 valence electrons. The van der Waals surface area contributed by atoms with Crippen molar-refractivity contribution in [3.05, 3.63) is 58.1 Å². The number of hydrogen-bond donors (Lipinski definition) is 1. The number of halogens is 1. The Morgan fingerprint density at radius 3 is 2.27 bits per heavy atom. The average molecular weight is 416 g/mol. The van der Waals surface area contributed by atoms with Crippen LogP contribution in [0.1, 0.15) is 11.1 Å². The second kappa shape index (κ2) is 7.91. The summed E-state index contributed by atoms with van der Waals surface area (Å²) in [7, 11) is 0. The predicted molar refractivity (Wildman–Crippen MR) is 107 cm³/mol. The summed E-state index contributed by atoms with van der Waals surface area (Å²) >= 11 is 3.34. The van der Waals surface area contributed by atoms with Crippen molar-refractivity contribution < 1.29 is 9.59 Å². The molecule has 0 aromatic heterocycles. The number of nitrogens with zero attached hydrogens (tertiary/aromatic N) is 2. The fourth-order valence-corrected chi connectivity index (χ4v) is 3.35. The summed E-state index contributed by atoms with van der Waals surface area (Å²) in [6, 6.07) is 13.4. The number of carbonyl (C=O) groups excluding carboxylic acids is 2. The predicted octanol–water partition coefficient (Wildman–Crippen LogP) is 3.35. The zero-order valence-electron chi connectivity index (χ0n) is 15.0. The molecule has 2 aromatic carbocycles. The molecular weight excluding hydrogens is 394 g/mol. The van der Waals surface area contributed by atoms with E-state index in [0.29, 0.717) is 18.8 Å². The van der Waals surface area contributed by atoms with Crippen molar-refractivity contribution in [2.75, 3.05) is 36.4 Å². The Kier molecular flexibility index (Phi) is 5.61. The molecule has 0 atom stereocenters. The molecule has 1 saturated heterocycles. The second-order valence-corrected chi connectivity index (χ2v) is 7.37. The van der Waals surface area contributed by atoms with Crippen molar-refractivity contribution in [1.82, 2.24) is 4.90 Å². The average Bonchev–Trinajstić information content (AvgIpc) is 2.65. The molecule has 0 spiro atoms. The van der Waals surface area contributed by atoms with Gasteiger partial charge in [-0.25, -0.2) is 0 Å². The lowest BCUT2D eigenvalue weighted by Crippen LogP contribution is -2.51. The number of carbonyl (C=O) groups is 2. The minimum absolute atomic E-state index is 0.478. The monoisotopic (exact) mass is 415 g/mol. The minimum atomic E-state index is -0.590. The van der Waals surface area contributed by atoms with Gasteiger partial charge < -0.3 is 15.1 Å². The standard InChI is InChI=1S/C20H22BrN3O2/c1-14-4-3-5-18(15(14)2)23-10-12-24(13-11-23)20(26)19(25)22-17-8-6-16(21)7-9-17/h3-9H,10-13H2,1-2H3,(H,22,25). The van der Waals surface area contributed by atoms with E-state index < -0.39 is 11.8 Å². The maximum absolute atomic E-state index is 12.4. The molecular formula is C20H22BrN3O2. The van der Waals surface area contributed by atoms with Crippen LogP contribution in [-0.4, -0.2) is 42.9 Å². The highest BCUT2D eigenvalue weighted by molar-refractivity contribution is 9.10. The summed E-state index contributed by atoms with van der Waals surface area (Å²) in [5.41, 5.74) is 4.34. The number of hydrogen-bond acceptors (Lipinski definition) is 3. The van der Waals surface area contributed by atoms with Crippen molar-refractivity contribution in [3.8, 4) is 0 Å². The fourth-order valence-electron chi connectivity index (χ4n) is 3.09. The van der Waals surface area contributed by atoms with Gasteiger partial charge in [-0.15, -0.1) is 0 Å². The lowest BCUT2D eigenvalue weighted by Gasteiger charge is -2.36. The molecule has 2 aromatic rings. The van der Waals surface area contributed by atoms with Gasteiger partial charge in [0, 0.05) is 42.0 Å². The van der Waals surface area contributed by atoms with E-state index in [-0.39, 0.29) is 0 Å². The molecule has 26 heavy (non-hydrogen) atoms. The molecule has 0 saturated carbocycles. The number of benzene rings is 2. The number of anilines is 2. The minimum Gasteiger partial charge on any atom is -0.368 e. The molecule has 1 N–H and O–H groups in total. The van der Waals surface area contributed by atoms with Gasteiger partial charge in [0.2, 0.25) is 0 Å². The zero-order valence-corrected chi connectivity index (χ0v) is 16.5. The molecule has 6 heteroatoms. The Morgan fingerprint density at radius 1 is 0.962 bits per heavy atom. The van der Waals surface area contributed by atoms with Crippen LogP contribution in [0.3, 0.4) is 0 Å². The van der Waals surface area contributed by atoms with Crippen LogP contribution in [0.25, 0.3) is 0 Å². The molecule has 1 aliphatic rings. The first kappa shape index (κ1) is 18.5. The molecule has 1 aliphatic heterocycles. The lowest BCUT2D eigenvalue weighted by molar-refractivity contribution is -0.143. The summed E-state index contributed by atoms with van der Waals surface area (Å²) in [4.78, 5) is 28.5. The Labute approximate surface area is 162 Å². The van der Waals surface area contributed by atoms with Gasteiger partial charge in [-0.1, -0.05) is 28.1 Å². The summed E-state index contributed by atoms with van der Waals surface area (Å²) in [6.07, 6.45) is 0. The summed E-state index contributed by atoms with van der Waals surface area (Å²) in [6.45, 7) is 6.75. The first-order valence-corrected chi connectivity index (χ1v) is 9.42. The van der Waals surface area contributed by atoms with E-state index in [1.54, 1.807) is 17.0 Å². The zero-order chi connectivity index (χ0) is 18.7. The highest BCUT2D eigenvalue weighted by Gasteiger charge is 2.26. The number of aryl methyl sites for hydroxylation is 1. The molecule has 5 nitrogen and oxygen atoms in total. The number of nitrogens with one attached hydrogen (secondary N) is 1. The van der Waals surface area contributed by atoms with Crippen LogP contribution in [0, 0.1) is 13.8 Å². The molecule has 0 aliphatic carbocycles. The van der Waals surface area contributed by atoms with Gasteiger partial charge in [-0.2, -0.15) is 0 Å². The van der Waals surface area contributed by atoms with Gasteiger partial charge in [0.05, 0.1) is 0 Å². The molecule has 3 rings (SSSR count). The third-order valence-electron chi connectivity index (χ3n) is 4.78. The SMILES string of the molecule is Cc1cccc(N2CCN(C(=O)C(=O)Nc3ccc(Br)cc3)CC2)c1C. The van der Waals surface area contributed by atoms with Crippen molar-refractivity contribution in [1.29, 1.82) is 0 Å². The smallest absolute Gasteiger partial charge is 0.313 e. The Hall–Kier alpha value is -2.34. The molecule has 1 fully saturated rings. The third kappa shape index (κ3) is 4.07. The van der Waals surface area contributed by atoms with Gasteiger partial charge in [0.15, 0.2) is 0 Å². The van der Waals surface area contributed by atoms with Crippen LogP contribution in [-0.2, 0) is 9.59 Å². The van der Waals surface area contributed by atoms with Crippen LogP contribution in [0.4, 0.5) is 11.4 Å². The van der Waals surface area contributed by atoms with Crippen molar-refractivity contribution in [3.63, 3.8) is 0 Å². The van der Waals surface area contributed by atoms with Gasteiger partial charge in [0.1, 0.15) is 0 Å². The Bertz CT molecular complexity index is 812. The molecule has 0 radical (unpaired) electrons. The number of rotatable bonds is 2. The topological polar surface area (TPSA) is 52.7 Å². The lowest BCUT2D eigenvalue weighted by atomic mass is 10.1. The second-order valence-electron chi connectivity index (χ2n) is 6.46. The van der Waals surface area contributed by atoms with Crippen molar-refractivity contribution >= 4 is 39.1 Å². The van der Waals surface area contributed by atoms with Gasteiger partial charge in [-0.3, -0.25) is 9.59 Å². The van der Waals surface area contributed by atoms with E-state index in [2.05, 4.69) is 58.2 Å². The maximum atomic E-state index is 12.4. The van der Waals surface area contributed by atoms with Crippen molar-refractivity contribution in [2.24, 2.45) is 0 Å². The fraction of sp³-hybridized carbons (Fsp3) is 0.300. The highest BCUT2D eigenvalue weighted by atomic mass is 79.9. The maximum Gasteiger partial charge on any atom is 0.313 e. The third-order valence-corrected chi connectivity index (χ3v) is 5.31. The summed E-state index contributed by atoms with van der Waals surface area (Å²) in [5, 5.41) is 2.66. The van der Waals surface area contributed by atoms with E-state index in [0.717, 1.165) is 17.6 Å². The highest BCUT2D eigenvalue weighted by Crippen LogP contribution is 2.24. The van der Waals surface area contributed by atoms with Gasteiger partial charge >= 0.3 is 11.8 Å². The van der Waals surface area contributed by atoms with Crippen LogP contribution in [0.2, 0.25) is 0 Å². The van der Waals surface area contributed by atoms with Crippen LogP contribution in [0.5, 0.6) is 0 Å². The Morgan fingerprint density at radius 2 is 1.62 bits per heavy atom. The number of amides is 2. The first-order chi connectivity index (χ1) is 12.5. The normalized spacial score (nSPS) is 14.3. The first-order valence-electron chi connectivity index (χ1n) is 8.62. The van der Waals surface area contributed by atoms with Gasteiger partial charge in [-0.05, 0) is 55.3 Å². The molecule has 0 unspecified atom stereocenters. The molecule has 0 bridgehead atoms. The van der Waals surface area contributed by atoms with E-state index in [1.807, 2.05) is 12.1 Å². The quantitative estimate of drug-likeness (QED) is 0.765. The summed E-state index contributed by atoms with van der Waals surface area (Å²) in [5.74, 6) is -1.07. The number of piperazine rings is 1. The van der Waals surface area contributed by atoms with E-state index in [1.165, 1.54) is 16.8 Å². The van der Waals surface area contributed by atoms with E-state index >= 15 is 0 Å². The van der Waals surface area contributed by atoms with E-state index in [9.17, 15) is 9.59 Å². The van der Waals surface area contributed by atoms with Crippen LogP contribution < -0.4 is 10.2 Å². The van der Waals surface area contributed by atoms with Crippen LogP contribution >= 0.6 is 15.9 Å².